The van der Waals surface area contributed by atoms with E-state index < -0.39 is 46.7 Å². The SMILES string of the molecule is CCOC(=O)c1cnn(Cc2ccc(C(N)=O)cc2[N+](=O)[O-])c1C(F)F. The largest absolute Gasteiger partial charge is 0.462 e. The molecule has 2 N–H and O–H groups in total. The number of alkyl halides is 2. The van der Waals surface area contributed by atoms with Crippen LogP contribution in [0, 0.1) is 10.1 Å². The number of hydrogen-bond acceptors (Lipinski definition) is 6. The molecule has 1 amide bonds. The number of nitrogens with zero attached hydrogens (tertiary/aromatic N) is 3. The molecule has 0 saturated carbocycles. The highest BCUT2D eigenvalue weighted by Gasteiger charge is 2.27. The van der Waals surface area contributed by atoms with Crippen molar-refractivity contribution in [3.05, 3.63) is 56.9 Å². The molecule has 2 aromatic rings. The first-order chi connectivity index (χ1) is 12.3. The molecule has 0 aliphatic rings. The van der Waals surface area contributed by atoms with Crippen LogP contribution in [0.5, 0.6) is 0 Å². The van der Waals surface area contributed by atoms with Gasteiger partial charge in [-0.25, -0.2) is 13.6 Å². The number of aromatic nitrogens is 2. The molecule has 0 unspecified atom stereocenters. The van der Waals surface area contributed by atoms with Gasteiger partial charge in [-0.2, -0.15) is 5.10 Å². The number of nitro groups is 1. The fourth-order valence-corrected chi connectivity index (χ4v) is 2.30. The van der Waals surface area contributed by atoms with Gasteiger partial charge >= 0.3 is 5.97 Å². The number of nitrogens with two attached hydrogens (primary N) is 1. The number of ether oxygens (including phenoxy) is 1. The molecule has 2 rings (SSSR count). The second-order valence-electron chi connectivity index (χ2n) is 5.09. The van der Waals surface area contributed by atoms with Gasteiger partial charge in [0.1, 0.15) is 11.3 Å². The van der Waals surface area contributed by atoms with Crippen LogP contribution >= 0.6 is 0 Å². The highest BCUT2D eigenvalue weighted by Crippen LogP contribution is 2.27. The first-order valence-electron chi connectivity index (χ1n) is 7.34. The molecule has 0 bridgehead atoms. The van der Waals surface area contributed by atoms with Gasteiger partial charge in [-0.05, 0) is 19.1 Å². The van der Waals surface area contributed by atoms with Gasteiger partial charge in [0, 0.05) is 11.6 Å². The lowest BCUT2D eigenvalue weighted by Crippen LogP contribution is -2.14. The number of carbonyl (C=O) groups excluding carboxylic acids is 2. The smallest absolute Gasteiger partial charge is 0.341 e. The standard InChI is InChI=1S/C15H14F2N4O5/c1-2-26-15(23)10-6-19-20(12(10)13(16)17)7-9-4-3-8(14(18)22)5-11(9)21(24)25/h3-6,13H,2,7H2,1H3,(H2,18,22). The summed E-state index contributed by atoms with van der Waals surface area (Å²) in [5.74, 6) is -1.83. The molecular weight excluding hydrogens is 354 g/mol. The van der Waals surface area contributed by atoms with Gasteiger partial charge in [-0.15, -0.1) is 0 Å². The number of benzene rings is 1. The Kier molecular flexibility index (Phi) is 5.60. The number of primary amides is 1. The van der Waals surface area contributed by atoms with Crippen molar-refractivity contribution in [2.24, 2.45) is 5.73 Å². The number of rotatable bonds is 7. The Hall–Kier alpha value is -3.37. The Morgan fingerprint density at radius 3 is 2.65 bits per heavy atom. The number of amides is 1. The quantitative estimate of drug-likeness (QED) is 0.452. The molecule has 26 heavy (non-hydrogen) atoms. The van der Waals surface area contributed by atoms with E-state index in [9.17, 15) is 28.5 Å². The summed E-state index contributed by atoms with van der Waals surface area (Å²) in [6.07, 6.45) is -2.14. The highest BCUT2D eigenvalue weighted by molar-refractivity contribution is 5.93. The summed E-state index contributed by atoms with van der Waals surface area (Å²) in [7, 11) is 0. The van der Waals surface area contributed by atoms with Crippen molar-refractivity contribution < 1.29 is 28.0 Å². The van der Waals surface area contributed by atoms with Gasteiger partial charge in [0.2, 0.25) is 5.91 Å². The van der Waals surface area contributed by atoms with E-state index in [-0.39, 0.29) is 17.7 Å². The van der Waals surface area contributed by atoms with E-state index >= 15 is 0 Å². The Bertz CT molecular complexity index is 866. The normalized spacial score (nSPS) is 10.8. The third-order valence-electron chi connectivity index (χ3n) is 3.47. The fraction of sp³-hybridized carbons (Fsp3) is 0.267. The van der Waals surface area contributed by atoms with Crippen LogP contribution < -0.4 is 5.73 Å². The monoisotopic (exact) mass is 368 g/mol. The number of nitro benzene ring substituents is 1. The summed E-state index contributed by atoms with van der Waals surface area (Å²) in [4.78, 5) is 33.4. The number of esters is 1. The molecule has 11 heteroatoms. The van der Waals surface area contributed by atoms with Crippen molar-refractivity contribution in [1.82, 2.24) is 9.78 Å². The Labute approximate surface area is 145 Å². The van der Waals surface area contributed by atoms with Crippen LogP contribution in [0.25, 0.3) is 0 Å². The maximum Gasteiger partial charge on any atom is 0.341 e. The predicted octanol–water partition coefficient (Wildman–Crippen LogP) is 2.05. The Morgan fingerprint density at radius 1 is 1.42 bits per heavy atom. The van der Waals surface area contributed by atoms with Crippen molar-refractivity contribution in [2.45, 2.75) is 19.9 Å². The molecule has 0 fully saturated rings. The molecular formula is C15H14F2N4O5. The summed E-state index contributed by atoms with van der Waals surface area (Å²) >= 11 is 0. The third-order valence-corrected chi connectivity index (χ3v) is 3.47. The van der Waals surface area contributed by atoms with Crippen LogP contribution in [0.4, 0.5) is 14.5 Å². The minimum Gasteiger partial charge on any atom is -0.462 e. The number of carbonyl (C=O) groups is 2. The average molecular weight is 368 g/mol. The zero-order valence-electron chi connectivity index (χ0n) is 13.5. The van der Waals surface area contributed by atoms with Crippen LogP contribution in [0.15, 0.2) is 24.4 Å². The molecule has 1 heterocycles. The van der Waals surface area contributed by atoms with Crippen molar-refractivity contribution in [3.63, 3.8) is 0 Å². The van der Waals surface area contributed by atoms with E-state index in [2.05, 4.69) is 5.10 Å². The minimum absolute atomic E-state index is 0.00720. The van der Waals surface area contributed by atoms with Crippen LogP contribution in [0.1, 0.15) is 45.3 Å². The van der Waals surface area contributed by atoms with Gasteiger partial charge in [0.25, 0.3) is 12.1 Å². The van der Waals surface area contributed by atoms with E-state index in [0.717, 1.165) is 16.9 Å². The molecule has 0 spiro atoms. The molecule has 0 radical (unpaired) electrons. The Balaban J connectivity index is 2.47. The fourth-order valence-electron chi connectivity index (χ4n) is 2.30. The maximum absolute atomic E-state index is 13.4. The first-order valence-corrected chi connectivity index (χ1v) is 7.34. The average Bonchev–Trinajstić information content (AvgIpc) is 2.99. The molecule has 9 nitrogen and oxygen atoms in total. The zero-order chi connectivity index (χ0) is 19.4. The summed E-state index contributed by atoms with van der Waals surface area (Å²) in [5, 5.41) is 14.9. The Morgan fingerprint density at radius 2 is 2.12 bits per heavy atom. The molecule has 138 valence electrons. The number of hydrogen-bond donors (Lipinski definition) is 1. The van der Waals surface area contributed by atoms with Crippen LogP contribution in [0.3, 0.4) is 0 Å². The summed E-state index contributed by atoms with van der Waals surface area (Å²) < 4.78 is 32.3. The van der Waals surface area contributed by atoms with Crippen LogP contribution in [0.2, 0.25) is 0 Å². The van der Waals surface area contributed by atoms with E-state index in [4.69, 9.17) is 10.5 Å². The highest BCUT2D eigenvalue weighted by atomic mass is 19.3. The van der Waals surface area contributed by atoms with Crippen molar-refractivity contribution >= 4 is 17.6 Å². The van der Waals surface area contributed by atoms with Crippen LogP contribution in [-0.4, -0.2) is 33.2 Å². The lowest BCUT2D eigenvalue weighted by Gasteiger charge is -2.10. The molecule has 1 aromatic heterocycles. The van der Waals surface area contributed by atoms with Gasteiger partial charge in [0.05, 0.1) is 29.8 Å². The topological polar surface area (TPSA) is 130 Å². The van der Waals surface area contributed by atoms with Gasteiger partial charge in [-0.1, -0.05) is 0 Å². The van der Waals surface area contributed by atoms with Gasteiger partial charge < -0.3 is 10.5 Å². The van der Waals surface area contributed by atoms with Gasteiger partial charge in [-0.3, -0.25) is 19.6 Å². The maximum atomic E-state index is 13.4. The predicted molar refractivity (Wildman–Crippen MR) is 83.9 cm³/mol. The lowest BCUT2D eigenvalue weighted by atomic mass is 10.1. The minimum atomic E-state index is -3.05. The van der Waals surface area contributed by atoms with Gasteiger partial charge in [0.15, 0.2) is 0 Å². The first kappa shape index (κ1) is 19.0. The summed E-state index contributed by atoms with van der Waals surface area (Å²) in [6, 6.07) is 3.41. The second kappa shape index (κ2) is 7.68. The molecule has 0 aliphatic carbocycles. The lowest BCUT2D eigenvalue weighted by molar-refractivity contribution is -0.385. The molecule has 0 atom stereocenters. The zero-order valence-corrected chi connectivity index (χ0v) is 13.5. The van der Waals surface area contributed by atoms with E-state index in [1.807, 2.05) is 0 Å². The van der Waals surface area contributed by atoms with Crippen molar-refractivity contribution in [3.8, 4) is 0 Å². The van der Waals surface area contributed by atoms with Crippen molar-refractivity contribution in [2.75, 3.05) is 6.61 Å². The summed E-state index contributed by atoms with van der Waals surface area (Å²) in [5.41, 5.74) is 3.40. The van der Waals surface area contributed by atoms with E-state index in [1.165, 1.54) is 19.1 Å². The van der Waals surface area contributed by atoms with Crippen molar-refractivity contribution in [1.29, 1.82) is 0 Å². The second-order valence-corrected chi connectivity index (χ2v) is 5.09. The molecule has 1 aromatic carbocycles. The molecule has 0 saturated heterocycles. The summed E-state index contributed by atoms with van der Waals surface area (Å²) in [6.45, 7) is 1.11. The number of halogens is 2. The van der Waals surface area contributed by atoms with E-state index in [1.54, 1.807) is 0 Å². The third kappa shape index (κ3) is 3.82. The molecule has 0 aliphatic heterocycles. The van der Waals surface area contributed by atoms with E-state index in [0.29, 0.717) is 0 Å². The van der Waals surface area contributed by atoms with Crippen LogP contribution in [-0.2, 0) is 11.3 Å².